The predicted molar refractivity (Wildman–Crippen MR) is 86.4 cm³/mol. The smallest absolute Gasteiger partial charge is 0.0843 e. The molecular weight excluding hydrogens is 428 g/mol. The van der Waals surface area contributed by atoms with Crippen molar-refractivity contribution in [2.75, 3.05) is 0 Å². The maximum Gasteiger partial charge on any atom is 0.0843 e. The van der Waals surface area contributed by atoms with Crippen molar-refractivity contribution in [2.45, 2.75) is 18.7 Å². The third kappa shape index (κ3) is 2.86. The van der Waals surface area contributed by atoms with Gasteiger partial charge >= 0.3 is 0 Å². The van der Waals surface area contributed by atoms with E-state index >= 15 is 0 Å². The van der Waals surface area contributed by atoms with Crippen molar-refractivity contribution >= 4 is 59.1 Å². The molecule has 0 aliphatic rings. The highest BCUT2D eigenvalue weighted by atomic mass is 79.9. The number of aryl methyl sites for hydroxylation is 2. The molecule has 0 aliphatic heterocycles. The average Bonchev–Trinajstić information content (AvgIpc) is 2.59. The maximum atomic E-state index is 3.81. The Morgan fingerprint density at radius 1 is 1.12 bits per heavy atom. The van der Waals surface area contributed by atoms with Gasteiger partial charge in [-0.25, -0.2) is 0 Å². The van der Waals surface area contributed by atoms with Crippen LogP contribution in [-0.4, -0.2) is 0 Å². The highest BCUT2D eigenvalue weighted by Gasteiger charge is 2.18. The van der Waals surface area contributed by atoms with Crippen molar-refractivity contribution in [3.8, 4) is 0 Å². The minimum absolute atomic E-state index is 0.260. The summed E-state index contributed by atoms with van der Waals surface area (Å²) >= 11 is 12.7. The zero-order valence-corrected chi connectivity index (χ0v) is 15.0. The molecule has 0 nitrogen and oxygen atoms in total. The fourth-order valence-corrected chi connectivity index (χ4v) is 5.07. The first-order valence-corrected chi connectivity index (χ1v) is 8.47. The van der Waals surface area contributed by atoms with E-state index in [0.717, 1.165) is 8.26 Å². The molecule has 0 aliphatic carbocycles. The molecule has 0 N–H and O–H groups in total. The van der Waals surface area contributed by atoms with Gasteiger partial charge in [-0.05, 0) is 68.5 Å². The summed E-state index contributed by atoms with van der Waals surface area (Å²) in [5, 5.41) is 0. The zero-order valence-electron chi connectivity index (χ0n) is 9.43. The van der Waals surface area contributed by atoms with Crippen molar-refractivity contribution in [2.24, 2.45) is 0 Å². The van der Waals surface area contributed by atoms with Crippen LogP contribution in [0.2, 0.25) is 0 Å². The molecule has 2 rings (SSSR count). The molecule has 1 unspecified atom stereocenters. The number of benzene rings is 1. The Labute approximate surface area is 131 Å². The second kappa shape index (κ2) is 5.55. The fourth-order valence-electron chi connectivity index (χ4n) is 1.86. The summed E-state index contributed by atoms with van der Waals surface area (Å²) in [4.78, 5) is 1.57. The summed E-state index contributed by atoms with van der Waals surface area (Å²) in [7, 11) is 0. The lowest BCUT2D eigenvalue weighted by atomic mass is 9.99. The topological polar surface area (TPSA) is 0 Å². The Morgan fingerprint density at radius 2 is 1.71 bits per heavy atom. The molecule has 1 aromatic carbocycles. The SMILES string of the molecule is Cc1cccc(C)c1C(Br)c1cc(Br)c(Br)s1. The van der Waals surface area contributed by atoms with E-state index in [0.29, 0.717) is 0 Å². The molecule has 1 heterocycles. The molecule has 0 bridgehead atoms. The normalized spacial score (nSPS) is 12.8. The van der Waals surface area contributed by atoms with E-state index < -0.39 is 0 Å². The molecule has 0 spiro atoms. The van der Waals surface area contributed by atoms with Crippen LogP contribution >= 0.6 is 59.1 Å². The number of thiophene rings is 1. The Hall–Kier alpha value is 0.360. The Kier molecular flexibility index (Phi) is 4.50. The molecule has 1 aromatic heterocycles. The third-order valence-electron chi connectivity index (χ3n) is 2.71. The Bertz CT molecular complexity index is 506. The van der Waals surface area contributed by atoms with Crippen LogP contribution in [0, 0.1) is 13.8 Å². The van der Waals surface area contributed by atoms with Crippen LogP contribution in [0.5, 0.6) is 0 Å². The van der Waals surface area contributed by atoms with Gasteiger partial charge in [0.15, 0.2) is 0 Å². The van der Waals surface area contributed by atoms with Crippen LogP contribution in [-0.2, 0) is 0 Å². The van der Waals surface area contributed by atoms with E-state index in [9.17, 15) is 0 Å². The maximum absolute atomic E-state index is 3.81. The van der Waals surface area contributed by atoms with Crippen molar-refractivity contribution in [3.05, 3.63) is 54.1 Å². The van der Waals surface area contributed by atoms with Crippen LogP contribution < -0.4 is 0 Å². The molecule has 90 valence electrons. The van der Waals surface area contributed by atoms with Crippen LogP contribution in [0.25, 0.3) is 0 Å². The Balaban J connectivity index is 2.47. The second-order valence-electron chi connectivity index (χ2n) is 3.94. The van der Waals surface area contributed by atoms with Gasteiger partial charge in [-0.1, -0.05) is 34.1 Å². The van der Waals surface area contributed by atoms with Gasteiger partial charge in [0.1, 0.15) is 0 Å². The van der Waals surface area contributed by atoms with E-state index in [4.69, 9.17) is 0 Å². The summed E-state index contributed by atoms with van der Waals surface area (Å²) in [5.74, 6) is 0. The fraction of sp³-hybridized carbons (Fsp3) is 0.231. The van der Waals surface area contributed by atoms with Crippen LogP contribution in [0.15, 0.2) is 32.5 Å². The standard InChI is InChI=1S/C13H11Br3S/c1-7-4-3-5-8(2)11(7)12(15)10-6-9(14)13(16)17-10/h3-6,12H,1-2H3. The lowest BCUT2D eigenvalue weighted by Gasteiger charge is -2.14. The summed E-state index contributed by atoms with van der Waals surface area (Å²) in [6, 6.07) is 8.59. The number of hydrogen-bond acceptors (Lipinski definition) is 1. The van der Waals surface area contributed by atoms with Gasteiger partial charge in [0, 0.05) is 9.35 Å². The Morgan fingerprint density at radius 3 is 2.18 bits per heavy atom. The highest BCUT2D eigenvalue weighted by Crippen LogP contribution is 2.42. The summed E-state index contributed by atoms with van der Waals surface area (Å²) in [6.45, 7) is 4.32. The number of hydrogen-bond donors (Lipinski definition) is 0. The van der Waals surface area contributed by atoms with Gasteiger partial charge in [-0.3, -0.25) is 0 Å². The predicted octanol–water partition coefficient (Wildman–Crippen LogP) is 6.37. The van der Waals surface area contributed by atoms with Crippen molar-refractivity contribution < 1.29 is 0 Å². The minimum atomic E-state index is 0.260. The minimum Gasteiger partial charge on any atom is -0.131 e. The molecule has 0 radical (unpaired) electrons. The molecule has 0 fully saturated rings. The van der Waals surface area contributed by atoms with Crippen LogP contribution in [0.1, 0.15) is 26.4 Å². The van der Waals surface area contributed by atoms with E-state index in [1.165, 1.54) is 21.6 Å². The first-order chi connectivity index (χ1) is 8.00. The van der Waals surface area contributed by atoms with Crippen LogP contribution in [0.4, 0.5) is 0 Å². The molecule has 17 heavy (non-hydrogen) atoms. The number of halogens is 3. The number of alkyl halides is 1. The van der Waals surface area contributed by atoms with Gasteiger partial charge in [-0.15, -0.1) is 11.3 Å². The lowest BCUT2D eigenvalue weighted by molar-refractivity contribution is 1.14. The van der Waals surface area contributed by atoms with E-state index in [-0.39, 0.29) is 4.83 Å². The quantitative estimate of drug-likeness (QED) is 0.477. The van der Waals surface area contributed by atoms with Crippen molar-refractivity contribution in [1.29, 1.82) is 0 Å². The molecule has 0 amide bonds. The highest BCUT2D eigenvalue weighted by molar-refractivity contribution is 9.13. The third-order valence-corrected chi connectivity index (χ3v) is 7.28. The largest absolute Gasteiger partial charge is 0.131 e. The molecular formula is C13H11Br3S. The first-order valence-electron chi connectivity index (χ1n) is 5.15. The summed E-state index contributed by atoms with van der Waals surface area (Å²) in [6.07, 6.45) is 0. The van der Waals surface area contributed by atoms with Gasteiger partial charge in [0.2, 0.25) is 0 Å². The van der Waals surface area contributed by atoms with E-state index in [1.807, 2.05) is 0 Å². The molecule has 1 atom stereocenters. The van der Waals surface area contributed by atoms with Gasteiger partial charge in [-0.2, -0.15) is 0 Å². The molecule has 0 saturated carbocycles. The van der Waals surface area contributed by atoms with Crippen molar-refractivity contribution in [1.82, 2.24) is 0 Å². The van der Waals surface area contributed by atoms with Gasteiger partial charge < -0.3 is 0 Å². The van der Waals surface area contributed by atoms with Crippen LogP contribution in [0.3, 0.4) is 0 Å². The van der Waals surface area contributed by atoms with E-state index in [1.54, 1.807) is 11.3 Å². The number of rotatable bonds is 2. The zero-order chi connectivity index (χ0) is 12.6. The molecule has 2 aromatic rings. The van der Waals surface area contributed by atoms with Crippen molar-refractivity contribution in [3.63, 3.8) is 0 Å². The first kappa shape index (κ1) is 13.8. The summed E-state index contributed by atoms with van der Waals surface area (Å²) in [5.41, 5.74) is 4.02. The molecule has 4 heteroatoms. The average molecular weight is 439 g/mol. The van der Waals surface area contributed by atoms with Gasteiger partial charge in [0.05, 0.1) is 8.61 Å². The lowest BCUT2D eigenvalue weighted by Crippen LogP contribution is -1.96. The molecule has 0 saturated heterocycles. The van der Waals surface area contributed by atoms with E-state index in [2.05, 4.69) is 85.9 Å². The second-order valence-corrected chi connectivity index (χ2v) is 8.11. The van der Waals surface area contributed by atoms with Gasteiger partial charge in [0.25, 0.3) is 0 Å². The monoisotopic (exact) mass is 436 g/mol. The summed E-state index contributed by atoms with van der Waals surface area (Å²) < 4.78 is 2.26.